The molecule has 2 rings (SSSR count). The Labute approximate surface area is 84.0 Å². The summed E-state index contributed by atoms with van der Waals surface area (Å²) in [7, 11) is 0. The van der Waals surface area contributed by atoms with Crippen molar-refractivity contribution in [1.29, 1.82) is 0 Å². The van der Waals surface area contributed by atoms with Gasteiger partial charge in [0.1, 0.15) is 0 Å². The lowest BCUT2D eigenvalue weighted by molar-refractivity contribution is 0.439. The Morgan fingerprint density at radius 3 is 2.71 bits per heavy atom. The molecular formula is C10H16N4. The number of rotatable bonds is 3. The van der Waals surface area contributed by atoms with E-state index in [-0.39, 0.29) is 12.2 Å². The molecule has 0 radical (unpaired) electrons. The maximum atomic E-state index is 3.36. The molecule has 0 spiro atoms. The lowest BCUT2D eigenvalue weighted by atomic mass is 10.1. The summed E-state index contributed by atoms with van der Waals surface area (Å²) in [4.78, 5) is 0. The van der Waals surface area contributed by atoms with Crippen LogP contribution in [0, 0.1) is 0 Å². The zero-order chi connectivity index (χ0) is 9.80. The molecule has 0 bridgehead atoms. The average Bonchev–Trinajstić information content (AvgIpc) is 2.68. The minimum absolute atomic E-state index is 0.238. The monoisotopic (exact) mass is 192 g/mol. The third kappa shape index (κ3) is 1.93. The first-order valence-corrected chi connectivity index (χ1v) is 4.96. The molecule has 4 nitrogen and oxygen atoms in total. The van der Waals surface area contributed by atoms with E-state index < -0.39 is 0 Å². The highest BCUT2D eigenvalue weighted by molar-refractivity contribution is 5.20. The van der Waals surface area contributed by atoms with E-state index >= 15 is 0 Å². The van der Waals surface area contributed by atoms with Crippen molar-refractivity contribution in [1.82, 2.24) is 21.7 Å². The number of hydrogen-bond acceptors (Lipinski definition) is 4. The lowest BCUT2D eigenvalue weighted by Crippen LogP contribution is -2.43. The van der Waals surface area contributed by atoms with Crippen molar-refractivity contribution in [3.05, 3.63) is 35.9 Å². The summed E-state index contributed by atoms with van der Waals surface area (Å²) in [6.07, 6.45) is 0.238. The highest BCUT2D eigenvalue weighted by Crippen LogP contribution is 2.16. The molecule has 0 aromatic heterocycles. The molecule has 14 heavy (non-hydrogen) atoms. The summed E-state index contributed by atoms with van der Waals surface area (Å²) in [5, 5.41) is 3.36. The Hall–Kier alpha value is -0.940. The summed E-state index contributed by atoms with van der Waals surface area (Å²) < 4.78 is 0. The first-order valence-electron chi connectivity index (χ1n) is 4.96. The Balaban J connectivity index is 2.10. The van der Waals surface area contributed by atoms with Gasteiger partial charge in [-0.25, -0.2) is 10.9 Å². The summed E-state index contributed by atoms with van der Waals surface area (Å²) in [5.74, 6) is 0. The van der Waals surface area contributed by atoms with E-state index in [1.807, 2.05) is 6.07 Å². The second kappa shape index (κ2) is 4.52. The Morgan fingerprint density at radius 1 is 1.21 bits per heavy atom. The molecule has 0 amide bonds. The van der Waals surface area contributed by atoms with Crippen LogP contribution in [0.4, 0.5) is 0 Å². The van der Waals surface area contributed by atoms with Gasteiger partial charge in [-0.05, 0) is 12.1 Å². The third-order valence-electron chi connectivity index (χ3n) is 2.37. The Kier molecular flexibility index (Phi) is 3.10. The van der Waals surface area contributed by atoms with Gasteiger partial charge in [0.25, 0.3) is 0 Å². The predicted molar refractivity (Wildman–Crippen MR) is 56.1 cm³/mol. The van der Waals surface area contributed by atoms with Crippen molar-refractivity contribution in [2.24, 2.45) is 0 Å². The fraction of sp³-hybridized carbons (Fsp3) is 0.400. The van der Waals surface area contributed by atoms with E-state index in [4.69, 9.17) is 0 Å². The van der Waals surface area contributed by atoms with Gasteiger partial charge in [-0.1, -0.05) is 37.3 Å². The summed E-state index contributed by atoms with van der Waals surface area (Å²) in [6, 6.07) is 10.7. The van der Waals surface area contributed by atoms with Crippen LogP contribution in [-0.4, -0.2) is 12.7 Å². The Bertz CT molecular complexity index is 275. The fourth-order valence-electron chi connectivity index (χ4n) is 1.69. The molecule has 4 N–H and O–H groups in total. The molecule has 1 aliphatic rings. The van der Waals surface area contributed by atoms with Crippen LogP contribution in [-0.2, 0) is 0 Å². The molecule has 1 aliphatic heterocycles. The van der Waals surface area contributed by atoms with Crippen molar-refractivity contribution >= 4 is 0 Å². The first-order chi connectivity index (χ1) is 6.92. The highest BCUT2D eigenvalue weighted by atomic mass is 15.7. The molecule has 2 atom stereocenters. The SMILES string of the molecule is CCNC1NNNC1c1ccccc1. The highest BCUT2D eigenvalue weighted by Gasteiger charge is 2.26. The van der Waals surface area contributed by atoms with E-state index in [1.165, 1.54) is 5.56 Å². The molecule has 2 unspecified atom stereocenters. The number of hydrogen-bond donors (Lipinski definition) is 4. The Morgan fingerprint density at radius 2 is 2.00 bits per heavy atom. The van der Waals surface area contributed by atoms with Crippen LogP contribution in [0.2, 0.25) is 0 Å². The molecule has 1 fully saturated rings. The molecule has 1 saturated heterocycles. The smallest absolute Gasteiger partial charge is 0.0928 e. The van der Waals surface area contributed by atoms with Gasteiger partial charge in [-0.3, -0.25) is 5.32 Å². The van der Waals surface area contributed by atoms with E-state index in [0.717, 1.165) is 6.54 Å². The minimum atomic E-state index is 0.238. The van der Waals surface area contributed by atoms with Crippen molar-refractivity contribution in [3.63, 3.8) is 0 Å². The van der Waals surface area contributed by atoms with Crippen molar-refractivity contribution in [3.8, 4) is 0 Å². The quantitative estimate of drug-likeness (QED) is 0.555. The number of nitrogens with one attached hydrogen (secondary N) is 4. The molecule has 76 valence electrons. The molecule has 0 saturated carbocycles. The zero-order valence-electron chi connectivity index (χ0n) is 8.25. The van der Waals surface area contributed by atoms with Gasteiger partial charge in [0.2, 0.25) is 0 Å². The predicted octanol–water partition coefficient (Wildman–Crippen LogP) is 0.276. The van der Waals surface area contributed by atoms with E-state index in [2.05, 4.69) is 52.9 Å². The number of likely N-dealkylation sites (N-methyl/N-ethyl adjacent to an activating group) is 1. The number of hydrazine groups is 2. The maximum Gasteiger partial charge on any atom is 0.0928 e. The second-order valence-electron chi connectivity index (χ2n) is 3.34. The summed E-state index contributed by atoms with van der Waals surface area (Å²) >= 11 is 0. The summed E-state index contributed by atoms with van der Waals surface area (Å²) in [6.45, 7) is 3.05. The first kappa shape index (κ1) is 9.61. The maximum absolute atomic E-state index is 3.36. The van der Waals surface area contributed by atoms with Gasteiger partial charge in [-0.15, -0.1) is 0 Å². The zero-order valence-corrected chi connectivity index (χ0v) is 8.25. The molecular weight excluding hydrogens is 176 g/mol. The largest absolute Gasteiger partial charge is 0.300 e. The van der Waals surface area contributed by atoms with Crippen LogP contribution >= 0.6 is 0 Å². The van der Waals surface area contributed by atoms with E-state index in [9.17, 15) is 0 Å². The summed E-state index contributed by atoms with van der Waals surface area (Å²) in [5.41, 5.74) is 10.5. The van der Waals surface area contributed by atoms with Crippen LogP contribution in [0.15, 0.2) is 30.3 Å². The lowest BCUT2D eigenvalue weighted by Gasteiger charge is -2.18. The molecule has 4 heteroatoms. The average molecular weight is 192 g/mol. The van der Waals surface area contributed by atoms with Gasteiger partial charge in [0.05, 0.1) is 12.2 Å². The third-order valence-corrected chi connectivity index (χ3v) is 2.37. The standard InChI is InChI=1S/C10H16N4/c1-2-11-10-9(12-14-13-10)8-6-4-3-5-7-8/h3-7,9-14H,2H2,1H3. The van der Waals surface area contributed by atoms with Gasteiger partial charge in [0.15, 0.2) is 0 Å². The van der Waals surface area contributed by atoms with Crippen LogP contribution in [0.5, 0.6) is 0 Å². The molecule has 1 aromatic rings. The van der Waals surface area contributed by atoms with Crippen LogP contribution in [0.25, 0.3) is 0 Å². The van der Waals surface area contributed by atoms with E-state index in [1.54, 1.807) is 0 Å². The van der Waals surface area contributed by atoms with Gasteiger partial charge >= 0.3 is 0 Å². The number of benzene rings is 1. The van der Waals surface area contributed by atoms with Crippen molar-refractivity contribution in [2.45, 2.75) is 19.1 Å². The van der Waals surface area contributed by atoms with Crippen LogP contribution in [0.1, 0.15) is 18.5 Å². The van der Waals surface area contributed by atoms with Gasteiger partial charge in [0, 0.05) is 0 Å². The van der Waals surface area contributed by atoms with Gasteiger partial charge in [-0.2, -0.15) is 5.53 Å². The van der Waals surface area contributed by atoms with E-state index in [0.29, 0.717) is 0 Å². The molecule has 1 aromatic carbocycles. The van der Waals surface area contributed by atoms with Crippen molar-refractivity contribution < 1.29 is 0 Å². The molecule has 0 aliphatic carbocycles. The fourth-order valence-corrected chi connectivity index (χ4v) is 1.69. The van der Waals surface area contributed by atoms with Crippen LogP contribution in [0.3, 0.4) is 0 Å². The van der Waals surface area contributed by atoms with Crippen LogP contribution < -0.4 is 21.7 Å². The van der Waals surface area contributed by atoms with Crippen molar-refractivity contribution in [2.75, 3.05) is 6.54 Å². The second-order valence-corrected chi connectivity index (χ2v) is 3.34. The normalized spacial score (nSPS) is 26.6. The minimum Gasteiger partial charge on any atom is -0.300 e. The topological polar surface area (TPSA) is 48.1 Å². The van der Waals surface area contributed by atoms with Gasteiger partial charge < -0.3 is 0 Å². The molecule has 1 heterocycles.